The molecule has 0 fully saturated rings. The molecule has 15 heavy (non-hydrogen) atoms. The highest BCUT2D eigenvalue weighted by Crippen LogP contribution is 2.34. The maximum atomic E-state index is 6.09. The van der Waals surface area contributed by atoms with E-state index < -0.39 is 8.32 Å². The molecule has 0 heterocycles. The molecule has 0 aliphatic carbocycles. The first-order chi connectivity index (χ1) is 6.49. The highest BCUT2D eigenvalue weighted by atomic mass is 32.2. The molecule has 0 aromatic rings. The Balaban J connectivity index is 4.62. The van der Waals surface area contributed by atoms with Gasteiger partial charge in [0.25, 0.3) is 0 Å². The number of thioether (sulfide) groups is 1. The summed E-state index contributed by atoms with van der Waals surface area (Å²) in [6.45, 7) is 17.7. The Hall–Kier alpha value is 0.107. The van der Waals surface area contributed by atoms with Gasteiger partial charge in [0.05, 0.1) is 0 Å². The summed E-state index contributed by atoms with van der Waals surface area (Å²) < 4.78 is 6.31. The van der Waals surface area contributed by atoms with E-state index in [2.05, 4.69) is 60.3 Å². The first-order valence-corrected chi connectivity index (χ1v) is 9.82. The highest BCUT2D eigenvalue weighted by molar-refractivity contribution is 8.04. The summed E-state index contributed by atoms with van der Waals surface area (Å²) in [7, 11) is -1.48. The second kappa shape index (κ2) is 5.44. The Bertz CT molecular complexity index is 203. The van der Waals surface area contributed by atoms with E-state index in [1.54, 1.807) is 0 Å². The Labute approximate surface area is 101 Å². The van der Waals surface area contributed by atoms with Crippen molar-refractivity contribution >= 4 is 20.1 Å². The lowest BCUT2D eigenvalue weighted by atomic mass is 10.2. The average Bonchev–Trinajstić information content (AvgIpc) is 1.73. The summed E-state index contributed by atoms with van der Waals surface area (Å²) in [4.78, 5) is 0. The minimum Gasteiger partial charge on any atom is -0.540 e. The molecule has 0 radical (unpaired) electrons. The molecule has 0 saturated heterocycles. The molecule has 0 aromatic heterocycles. The summed E-state index contributed by atoms with van der Waals surface area (Å²) in [5.41, 5.74) is 0. The minimum absolute atomic E-state index is 0.223. The van der Waals surface area contributed by atoms with Gasteiger partial charge in [0.2, 0.25) is 8.32 Å². The Kier molecular flexibility index (Phi) is 5.48. The molecule has 0 atom stereocenters. The SMILES string of the molecule is CC(C)/C=C(/O[Si](C)(C)C)SC(C)(C)C. The molecule has 0 aliphatic heterocycles. The van der Waals surface area contributed by atoms with Crippen LogP contribution in [0.1, 0.15) is 34.6 Å². The Morgan fingerprint density at radius 3 is 1.93 bits per heavy atom. The molecule has 0 aliphatic rings. The lowest BCUT2D eigenvalue weighted by Crippen LogP contribution is -2.25. The number of hydrogen-bond acceptors (Lipinski definition) is 2. The monoisotopic (exact) mass is 246 g/mol. The van der Waals surface area contributed by atoms with Crippen molar-refractivity contribution in [3.05, 3.63) is 11.2 Å². The van der Waals surface area contributed by atoms with Crippen molar-refractivity contribution < 1.29 is 4.43 Å². The third kappa shape index (κ3) is 10.4. The summed E-state index contributed by atoms with van der Waals surface area (Å²) in [6.07, 6.45) is 2.23. The van der Waals surface area contributed by atoms with Crippen LogP contribution < -0.4 is 0 Å². The second-order valence-electron chi connectivity index (χ2n) is 6.16. The minimum atomic E-state index is -1.48. The molecule has 0 amide bonds. The molecular formula is C12H26OSSi. The number of allylic oxidation sites excluding steroid dienone is 1. The third-order valence-corrected chi connectivity index (χ3v) is 3.30. The van der Waals surface area contributed by atoms with Crippen molar-refractivity contribution in [3.8, 4) is 0 Å². The van der Waals surface area contributed by atoms with Crippen LogP contribution in [0, 0.1) is 5.92 Å². The zero-order valence-corrected chi connectivity index (χ0v) is 13.3. The van der Waals surface area contributed by atoms with Gasteiger partial charge < -0.3 is 4.43 Å². The van der Waals surface area contributed by atoms with Crippen LogP contribution in [0.4, 0.5) is 0 Å². The molecule has 3 heteroatoms. The maximum absolute atomic E-state index is 6.09. The third-order valence-electron chi connectivity index (χ3n) is 1.28. The van der Waals surface area contributed by atoms with Gasteiger partial charge in [0.1, 0.15) is 5.09 Å². The topological polar surface area (TPSA) is 9.23 Å². The van der Waals surface area contributed by atoms with Crippen molar-refractivity contribution in [2.45, 2.75) is 59.0 Å². The lowest BCUT2D eigenvalue weighted by molar-refractivity contribution is 0.456. The Morgan fingerprint density at radius 1 is 1.20 bits per heavy atom. The molecule has 1 nitrogen and oxygen atoms in total. The van der Waals surface area contributed by atoms with Gasteiger partial charge >= 0.3 is 0 Å². The predicted octanol–water partition coefficient (Wildman–Crippen LogP) is 4.87. The van der Waals surface area contributed by atoms with Crippen molar-refractivity contribution in [2.75, 3.05) is 0 Å². The zero-order valence-electron chi connectivity index (χ0n) is 11.5. The van der Waals surface area contributed by atoms with Gasteiger partial charge in [-0.3, -0.25) is 0 Å². The second-order valence-corrected chi connectivity index (χ2v) is 12.4. The molecule has 0 rings (SSSR count). The molecule has 0 unspecified atom stereocenters. The lowest BCUT2D eigenvalue weighted by Gasteiger charge is -2.26. The fourth-order valence-corrected chi connectivity index (χ4v) is 3.50. The van der Waals surface area contributed by atoms with Gasteiger partial charge in [0.15, 0.2) is 0 Å². The van der Waals surface area contributed by atoms with Gasteiger partial charge in [-0.05, 0) is 31.6 Å². The summed E-state index contributed by atoms with van der Waals surface area (Å²) in [6, 6.07) is 0. The fraction of sp³-hybridized carbons (Fsp3) is 0.833. The van der Waals surface area contributed by atoms with Gasteiger partial charge in [0, 0.05) is 4.75 Å². The van der Waals surface area contributed by atoms with Gasteiger partial charge in [-0.2, -0.15) is 0 Å². The van der Waals surface area contributed by atoms with Crippen LogP contribution in [0.5, 0.6) is 0 Å². The van der Waals surface area contributed by atoms with Crippen molar-refractivity contribution in [3.63, 3.8) is 0 Å². The number of rotatable bonds is 4. The van der Waals surface area contributed by atoms with Crippen molar-refractivity contribution in [2.24, 2.45) is 5.92 Å². The normalized spacial score (nSPS) is 14.6. The standard InChI is InChI=1S/C12H26OSSi/c1-10(2)9-11(13-15(6,7)8)14-12(3,4)5/h9-10H,1-8H3/b11-9-. The van der Waals surface area contributed by atoms with Crippen LogP contribution in [0.2, 0.25) is 19.6 Å². The first-order valence-electron chi connectivity index (χ1n) is 5.59. The summed E-state index contributed by atoms with van der Waals surface area (Å²) in [5, 5.41) is 1.11. The van der Waals surface area contributed by atoms with Crippen LogP contribution in [-0.2, 0) is 4.43 Å². The zero-order chi connectivity index (χ0) is 12.3. The van der Waals surface area contributed by atoms with E-state index in [4.69, 9.17) is 4.43 Å². The molecule has 0 aromatic carbocycles. The van der Waals surface area contributed by atoms with Crippen molar-refractivity contribution in [1.29, 1.82) is 0 Å². The van der Waals surface area contributed by atoms with Gasteiger partial charge in [-0.25, -0.2) is 0 Å². The van der Waals surface area contributed by atoms with E-state index in [1.165, 1.54) is 0 Å². The smallest absolute Gasteiger partial charge is 0.242 e. The van der Waals surface area contributed by atoms with Crippen LogP contribution >= 0.6 is 11.8 Å². The quantitative estimate of drug-likeness (QED) is 0.517. The van der Waals surface area contributed by atoms with Crippen LogP contribution in [-0.4, -0.2) is 13.1 Å². The largest absolute Gasteiger partial charge is 0.540 e. The van der Waals surface area contributed by atoms with Crippen LogP contribution in [0.3, 0.4) is 0 Å². The van der Waals surface area contributed by atoms with E-state index in [0.29, 0.717) is 5.92 Å². The molecule has 0 spiro atoms. The van der Waals surface area contributed by atoms with Gasteiger partial charge in [-0.1, -0.05) is 46.4 Å². The van der Waals surface area contributed by atoms with E-state index in [9.17, 15) is 0 Å². The van der Waals surface area contributed by atoms with Crippen LogP contribution in [0.15, 0.2) is 11.2 Å². The van der Waals surface area contributed by atoms with Gasteiger partial charge in [-0.15, -0.1) is 0 Å². The molecule has 0 saturated carbocycles. The highest BCUT2D eigenvalue weighted by Gasteiger charge is 2.22. The predicted molar refractivity (Wildman–Crippen MR) is 74.7 cm³/mol. The molecule has 0 N–H and O–H groups in total. The van der Waals surface area contributed by atoms with Crippen LogP contribution in [0.25, 0.3) is 0 Å². The summed E-state index contributed by atoms with van der Waals surface area (Å²) in [5.74, 6) is 0.547. The van der Waals surface area contributed by atoms with E-state index in [0.717, 1.165) is 5.09 Å². The van der Waals surface area contributed by atoms with E-state index in [1.807, 2.05) is 11.8 Å². The van der Waals surface area contributed by atoms with E-state index >= 15 is 0 Å². The molecule has 90 valence electrons. The summed E-state index contributed by atoms with van der Waals surface area (Å²) >= 11 is 1.83. The molecule has 0 bridgehead atoms. The first kappa shape index (κ1) is 15.1. The van der Waals surface area contributed by atoms with E-state index in [-0.39, 0.29) is 4.75 Å². The van der Waals surface area contributed by atoms with Crippen molar-refractivity contribution in [1.82, 2.24) is 0 Å². The Morgan fingerprint density at radius 2 is 1.67 bits per heavy atom. The molecular weight excluding hydrogens is 220 g/mol. The fourth-order valence-electron chi connectivity index (χ4n) is 0.965. The number of hydrogen-bond donors (Lipinski definition) is 0. The average molecular weight is 246 g/mol. The maximum Gasteiger partial charge on any atom is 0.242 e.